The highest BCUT2D eigenvalue weighted by atomic mass is 16.5. The molecule has 0 atom stereocenters. The summed E-state index contributed by atoms with van der Waals surface area (Å²) in [4.78, 5) is 33.9. The van der Waals surface area contributed by atoms with Crippen molar-refractivity contribution in [3.05, 3.63) is 65.7 Å². The predicted molar refractivity (Wildman–Crippen MR) is 91.0 cm³/mol. The number of aliphatic carboxylic acids is 1. The maximum atomic E-state index is 11.7. The topological polar surface area (TPSA) is 120 Å². The van der Waals surface area contributed by atoms with Crippen molar-refractivity contribution in [2.75, 3.05) is 6.61 Å². The molecule has 2 rings (SSSR count). The van der Waals surface area contributed by atoms with Crippen LogP contribution in [-0.4, -0.2) is 30.6 Å². The lowest BCUT2D eigenvalue weighted by Gasteiger charge is -2.09. The Hall–Kier alpha value is -3.68. The van der Waals surface area contributed by atoms with Gasteiger partial charge in [-0.05, 0) is 17.7 Å². The highest BCUT2D eigenvalue weighted by Crippen LogP contribution is 2.15. The number of amides is 2. The van der Waals surface area contributed by atoms with Crippen molar-refractivity contribution in [2.45, 2.75) is 6.54 Å². The summed E-state index contributed by atoms with van der Waals surface area (Å²) in [7, 11) is 0. The van der Waals surface area contributed by atoms with Crippen molar-refractivity contribution >= 4 is 24.0 Å². The molecular formula is C18H16N3O5-. The molecule has 0 saturated heterocycles. The third-order valence-electron chi connectivity index (χ3n) is 3.14. The molecule has 0 radical (unpaired) electrons. The first-order valence-corrected chi connectivity index (χ1v) is 7.63. The van der Waals surface area contributed by atoms with E-state index in [0.717, 1.165) is 5.56 Å². The fourth-order valence-electron chi connectivity index (χ4n) is 1.93. The van der Waals surface area contributed by atoms with Gasteiger partial charge in [-0.1, -0.05) is 42.5 Å². The minimum absolute atomic E-state index is 0.219. The number of carboxylic acid groups (broad SMARTS) is 1. The van der Waals surface area contributed by atoms with Crippen LogP contribution in [-0.2, 0) is 20.9 Å². The zero-order valence-corrected chi connectivity index (χ0v) is 13.7. The van der Waals surface area contributed by atoms with E-state index in [-0.39, 0.29) is 12.3 Å². The van der Waals surface area contributed by atoms with E-state index in [1.165, 1.54) is 6.21 Å². The van der Waals surface area contributed by atoms with Gasteiger partial charge in [0.05, 0.1) is 12.2 Å². The first-order valence-electron chi connectivity index (χ1n) is 7.63. The molecule has 2 amide bonds. The molecule has 0 aliphatic rings. The van der Waals surface area contributed by atoms with Crippen LogP contribution in [0.4, 0.5) is 0 Å². The summed E-state index contributed by atoms with van der Waals surface area (Å²) in [6.45, 7) is -0.393. The second kappa shape index (κ2) is 9.58. The standard InChI is InChI=1S/C18H17N3O5/c22-16(23)12-26-15-9-5-4-8-14(15)11-20-21-18(25)17(24)19-10-13-6-2-1-3-7-13/h1-9,11H,10,12H2,(H,19,24)(H,21,25)(H,22,23)/p-1/b20-11-. The lowest BCUT2D eigenvalue weighted by atomic mass is 10.2. The highest BCUT2D eigenvalue weighted by molar-refractivity contribution is 6.35. The quantitative estimate of drug-likeness (QED) is 0.398. The summed E-state index contributed by atoms with van der Waals surface area (Å²) < 4.78 is 5.05. The van der Waals surface area contributed by atoms with Gasteiger partial charge in [-0.15, -0.1) is 0 Å². The van der Waals surface area contributed by atoms with Gasteiger partial charge in [0.25, 0.3) is 0 Å². The summed E-state index contributed by atoms with van der Waals surface area (Å²) >= 11 is 0. The van der Waals surface area contributed by atoms with Crippen LogP contribution < -0.4 is 20.6 Å². The second-order valence-corrected chi connectivity index (χ2v) is 5.07. The molecule has 0 heterocycles. The number of ether oxygens (including phenoxy) is 1. The smallest absolute Gasteiger partial charge is 0.329 e. The molecule has 8 nitrogen and oxygen atoms in total. The molecular weight excluding hydrogens is 338 g/mol. The SMILES string of the molecule is O=C([O-])COc1ccccc1/C=N\NC(=O)C(=O)NCc1ccccc1. The normalized spacial score (nSPS) is 10.3. The van der Waals surface area contributed by atoms with Gasteiger partial charge in [0.2, 0.25) is 0 Å². The molecule has 0 saturated carbocycles. The third-order valence-corrected chi connectivity index (χ3v) is 3.14. The van der Waals surface area contributed by atoms with Crippen LogP contribution in [0.1, 0.15) is 11.1 Å². The molecule has 2 N–H and O–H groups in total. The number of nitrogens with zero attached hydrogens (tertiary/aromatic N) is 1. The monoisotopic (exact) mass is 354 g/mol. The molecule has 0 aliphatic carbocycles. The van der Waals surface area contributed by atoms with E-state index >= 15 is 0 Å². The van der Waals surface area contributed by atoms with Crippen molar-refractivity contribution in [1.82, 2.24) is 10.7 Å². The Morgan fingerprint density at radius 1 is 1.00 bits per heavy atom. The molecule has 0 aromatic heterocycles. The van der Waals surface area contributed by atoms with Crippen LogP contribution in [0.3, 0.4) is 0 Å². The van der Waals surface area contributed by atoms with Gasteiger partial charge in [0.15, 0.2) is 0 Å². The van der Waals surface area contributed by atoms with Crippen molar-refractivity contribution in [3.8, 4) is 5.75 Å². The fourth-order valence-corrected chi connectivity index (χ4v) is 1.93. The van der Waals surface area contributed by atoms with E-state index in [0.29, 0.717) is 5.56 Å². The molecule has 0 bridgehead atoms. The van der Waals surface area contributed by atoms with Gasteiger partial charge in [-0.25, -0.2) is 5.43 Å². The van der Waals surface area contributed by atoms with Crippen molar-refractivity contribution in [2.24, 2.45) is 5.10 Å². The average molecular weight is 354 g/mol. The summed E-state index contributed by atoms with van der Waals surface area (Å²) in [6, 6.07) is 15.6. The molecule has 0 unspecified atom stereocenters. The number of carbonyl (C=O) groups excluding carboxylic acids is 3. The molecule has 0 fully saturated rings. The Bertz CT molecular complexity index is 805. The number of rotatable bonds is 7. The molecule has 0 aliphatic heterocycles. The Morgan fingerprint density at radius 2 is 1.69 bits per heavy atom. The number of hydrogen-bond donors (Lipinski definition) is 2. The maximum Gasteiger partial charge on any atom is 0.329 e. The molecule has 2 aromatic rings. The van der Waals surface area contributed by atoms with Gasteiger partial charge in [0, 0.05) is 12.1 Å². The summed E-state index contributed by atoms with van der Waals surface area (Å²) in [6.07, 6.45) is 1.24. The number of carbonyl (C=O) groups is 3. The molecule has 26 heavy (non-hydrogen) atoms. The summed E-state index contributed by atoms with van der Waals surface area (Å²) in [5.74, 6) is -2.86. The molecule has 0 spiro atoms. The number of hydrazone groups is 1. The zero-order valence-electron chi connectivity index (χ0n) is 13.7. The summed E-state index contributed by atoms with van der Waals surface area (Å²) in [5, 5.41) is 16.6. The number of benzene rings is 2. The van der Waals surface area contributed by atoms with E-state index in [1.807, 2.05) is 30.3 Å². The second-order valence-electron chi connectivity index (χ2n) is 5.07. The number of hydrogen-bond acceptors (Lipinski definition) is 6. The highest BCUT2D eigenvalue weighted by Gasteiger charge is 2.11. The van der Waals surface area contributed by atoms with Gasteiger partial charge >= 0.3 is 11.8 Å². The van der Waals surface area contributed by atoms with Crippen LogP contribution in [0, 0.1) is 0 Å². The minimum Gasteiger partial charge on any atom is -0.546 e. The van der Waals surface area contributed by atoms with E-state index in [9.17, 15) is 19.5 Å². The van der Waals surface area contributed by atoms with E-state index < -0.39 is 24.4 Å². The van der Waals surface area contributed by atoms with Gasteiger partial charge in [-0.2, -0.15) is 5.10 Å². The van der Waals surface area contributed by atoms with Gasteiger partial charge in [0.1, 0.15) is 12.4 Å². The van der Waals surface area contributed by atoms with Crippen LogP contribution >= 0.6 is 0 Å². The Balaban J connectivity index is 1.86. The summed E-state index contributed by atoms with van der Waals surface area (Å²) in [5.41, 5.74) is 3.38. The van der Waals surface area contributed by atoms with Crippen molar-refractivity contribution < 1.29 is 24.2 Å². The maximum absolute atomic E-state index is 11.7. The van der Waals surface area contributed by atoms with E-state index in [2.05, 4.69) is 15.8 Å². The van der Waals surface area contributed by atoms with Crippen molar-refractivity contribution in [1.29, 1.82) is 0 Å². The fraction of sp³-hybridized carbons (Fsp3) is 0.111. The predicted octanol–water partition coefficient (Wildman–Crippen LogP) is -0.418. The lowest BCUT2D eigenvalue weighted by Crippen LogP contribution is -2.37. The third kappa shape index (κ3) is 6.08. The van der Waals surface area contributed by atoms with Crippen LogP contribution in [0.25, 0.3) is 0 Å². The number of para-hydroxylation sites is 1. The minimum atomic E-state index is -1.36. The Morgan fingerprint density at radius 3 is 2.42 bits per heavy atom. The zero-order chi connectivity index (χ0) is 18.8. The average Bonchev–Trinajstić information content (AvgIpc) is 2.66. The van der Waals surface area contributed by atoms with Gasteiger partial charge < -0.3 is 20.0 Å². The van der Waals surface area contributed by atoms with Crippen LogP contribution in [0.5, 0.6) is 5.75 Å². The Kier molecular flexibility index (Phi) is 6.87. The lowest BCUT2D eigenvalue weighted by molar-refractivity contribution is -0.307. The number of carboxylic acids is 1. The first kappa shape index (κ1) is 18.7. The van der Waals surface area contributed by atoms with Gasteiger partial charge in [-0.3, -0.25) is 9.59 Å². The van der Waals surface area contributed by atoms with Crippen LogP contribution in [0.15, 0.2) is 59.7 Å². The molecule has 8 heteroatoms. The largest absolute Gasteiger partial charge is 0.546 e. The molecule has 2 aromatic carbocycles. The Labute approximate surface area is 149 Å². The number of nitrogens with one attached hydrogen (secondary N) is 2. The van der Waals surface area contributed by atoms with Crippen LogP contribution in [0.2, 0.25) is 0 Å². The van der Waals surface area contributed by atoms with E-state index in [1.54, 1.807) is 24.3 Å². The first-order chi connectivity index (χ1) is 12.6. The molecule has 134 valence electrons. The van der Waals surface area contributed by atoms with E-state index in [4.69, 9.17) is 4.74 Å². The van der Waals surface area contributed by atoms with Crippen molar-refractivity contribution in [3.63, 3.8) is 0 Å².